The Morgan fingerprint density at radius 3 is 2.80 bits per heavy atom. The molecular weight excluding hydrogens is 362 g/mol. The summed E-state index contributed by atoms with van der Waals surface area (Å²) in [6.45, 7) is 2.12. The number of hydrogen-bond donors (Lipinski definition) is 1. The monoisotopic (exact) mass is 373 g/mol. The Morgan fingerprint density at radius 1 is 1.45 bits per heavy atom. The summed E-state index contributed by atoms with van der Waals surface area (Å²) in [6.07, 6.45) is 0. The lowest BCUT2D eigenvalue weighted by Crippen LogP contribution is -2.23. The first-order valence-corrected chi connectivity index (χ1v) is 8.09. The number of ether oxygens (including phenoxy) is 1. The van der Waals surface area contributed by atoms with E-state index >= 15 is 0 Å². The smallest absolute Gasteiger partial charge is 0.334 e. The van der Waals surface area contributed by atoms with E-state index in [4.69, 9.17) is 16.3 Å². The van der Waals surface area contributed by atoms with Gasteiger partial charge in [-0.2, -0.15) is 0 Å². The van der Waals surface area contributed by atoms with Crippen LogP contribution in [0, 0.1) is 0 Å². The number of carbonyl (C=O) groups excluding carboxylic acids is 1. The molecule has 0 radical (unpaired) electrons. The third kappa shape index (κ3) is 3.53. The van der Waals surface area contributed by atoms with Gasteiger partial charge in [-0.05, 0) is 46.4 Å². The van der Waals surface area contributed by atoms with Crippen LogP contribution in [0.5, 0.6) is 0 Å². The Balaban J connectivity index is 2.31. The molecule has 20 heavy (non-hydrogen) atoms. The van der Waals surface area contributed by atoms with Gasteiger partial charge < -0.3 is 10.1 Å². The van der Waals surface area contributed by atoms with Gasteiger partial charge >= 0.3 is 5.97 Å². The average molecular weight is 375 g/mol. The number of halogens is 2. The number of carbonyl (C=O) groups is 1. The van der Waals surface area contributed by atoms with Gasteiger partial charge in [0.05, 0.1) is 22.2 Å². The maximum atomic E-state index is 12.2. The van der Waals surface area contributed by atoms with Crippen molar-refractivity contribution in [3.63, 3.8) is 0 Å². The predicted octanol–water partition coefficient (Wildman–Crippen LogP) is 4.88. The van der Waals surface area contributed by atoms with Crippen molar-refractivity contribution in [3.05, 3.63) is 50.1 Å². The lowest BCUT2D eigenvalue weighted by atomic mass is 10.2. The highest BCUT2D eigenvalue weighted by atomic mass is 79.9. The summed E-state index contributed by atoms with van der Waals surface area (Å²) >= 11 is 11.1. The van der Waals surface area contributed by atoms with Crippen LogP contribution in [0.15, 0.2) is 40.2 Å². The Bertz CT molecular complexity index is 602. The van der Waals surface area contributed by atoms with E-state index in [1.165, 1.54) is 11.3 Å². The molecular formula is C14H13BrClNO2S. The van der Waals surface area contributed by atoms with Crippen molar-refractivity contribution < 1.29 is 9.53 Å². The van der Waals surface area contributed by atoms with Crippen molar-refractivity contribution in [2.45, 2.75) is 13.0 Å². The van der Waals surface area contributed by atoms with Gasteiger partial charge in [-0.1, -0.05) is 23.7 Å². The lowest BCUT2D eigenvalue weighted by molar-refractivity contribution is -0.144. The minimum absolute atomic E-state index is 0.324. The van der Waals surface area contributed by atoms with Crippen molar-refractivity contribution in [2.24, 2.45) is 0 Å². The van der Waals surface area contributed by atoms with E-state index in [-0.39, 0.29) is 5.97 Å². The number of thiophene rings is 1. The molecule has 1 aromatic heterocycles. The maximum Gasteiger partial charge on any atom is 0.334 e. The fraction of sp³-hybridized carbons (Fsp3) is 0.214. The Labute approximate surface area is 135 Å². The van der Waals surface area contributed by atoms with Crippen LogP contribution in [0.2, 0.25) is 5.02 Å². The van der Waals surface area contributed by atoms with Crippen LogP contribution >= 0.6 is 38.9 Å². The standard InChI is InChI=1S/C14H13BrClNO2S/c1-2-19-14(18)12(13-9(15)7-8-20-13)17-11-6-4-3-5-10(11)16/h3-8,12,17H,2H2,1H3. The van der Waals surface area contributed by atoms with Crippen LogP contribution in [0.4, 0.5) is 5.69 Å². The highest BCUT2D eigenvalue weighted by Gasteiger charge is 2.25. The molecule has 0 amide bonds. The highest BCUT2D eigenvalue weighted by Crippen LogP contribution is 2.33. The SMILES string of the molecule is CCOC(=O)C(Nc1ccccc1Cl)c1sccc1Br. The number of nitrogens with one attached hydrogen (secondary N) is 1. The van der Waals surface area contributed by atoms with Crippen LogP contribution in [0.3, 0.4) is 0 Å². The number of benzene rings is 1. The van der Waals surface area contributed by atoms with Gasteiger partial charge in [0.1, 0.15) is 0 Å². The normalized spacial score (nSPS) is 11.9. The molecule has 1 aromatic carbocycles. The molecule has 3 nitrogen and oxygen atoms in total. The van der Waals surface area contributed by atoms with E-state index in [1.807, 2.05) is 29.6 Å². The Morgan fingerprint density at radius 2 is 2.20 bits per heavy atom. The van der Waals surface area contributed by atoms with Gasteiger partial charge in [0.2, 0.25) is 0 Å². The summed E-state index contributed by atoms with van der Waals surface area (Å²) in [4.78, 5) is 13.0. The Hall–Kier alpha value is -1.04. The lowest BCUT2D eigenvalue weighted by Gasteiger charge is -2.18. The topological polar surface area (TPSA) is 38.3 Å². The van der Waals surface area contributed by atoms with Crippen LogP contribution < -0.4 is 5.32 Å². The number of para-hydroxylation sites is 1. The molecule has 1 atom stereocenters. The molecule has 1 heterocycles. The minimum Gasteiger partial charge on any atom is -0.464 e. The van der Waals surface area contributed by atoms with E-state index in [1.54, 1.807) is 13.0 Å². The van der Waals surface area contributed by atoms with E-state index < -0.39 is 6.04 Å². The van der Waals surface area contributed by atoms with Gasteiger partial charge in [0.15, 0.2) is 6.04 Å². The van der Waals surface area contributed by atoms with Gasteiger partial charge in [0.25, 0.3) is 0 Å². The van der Waals surface area contributed by atoms with E-state index in [9.17, 15) is 4.79 Å². The number of rotatable bonds is 5. The molecule has 0 saturated carbocycles. The van der Waals surface area contributed by atoms with Gasteiger partial charge in [-0.3, -0.25) is 0 Å². The van der Waals surface area contributed by atoms with Crippen LogP contribution in [-0.2, 0) is 9.53 Å². The second-order valence-electron chi connectivity index (χ2n) is 3.94. The van der Waals surface area contributed by atoms with Crippen molar-refractivity contribution >= 4 is 50.5 Å². The van der Waals surface area contributed by atoms with Crippen molar-refractivity contribution in [2.75, 3.05) is 11.9 Å². The maximum absolute atomic E-state index is 12.2. The second-order valence-corrected chi connectivity index (χ2v) is 6.15. The molecule has 106 valence electrons. The zero-order valence-electron chi connectivity index (χ0n) is 10.7. The third-order valence-electron chi connectivity index (χ3n) is 2.60. The van der Waals surface area contributed by atoms with Crippen molar-refractivity contribution in [3.8, 4) is 0 Å². The summed E-state index contributed by atoms with van der Waals surface area (Å²) < 4.78 is 6.01. The second kappa shape index (κ2) is 7.11. The first-order valence-electron chi connectivity index (χ1n) is 6.04. The summed E-state index contributed by atoms with van der Waals surface area (Å²) in [6, 6.07) is 8.63. The molecule has 0 bridgehead atoms. The zero-order valence-corrected chi connectivity index (χ0v) is 13.9. The number of hydrogen-bond acceptors (Lipinski definition) is 4. The average Bonchev–Trinajstić information content (AvgIpc) is 2.84. The molecule has 1 unspecified atom stereocenters. The summed E-state index contributed by atoms with van der Waals surface area (Å²) in [5, 5.41) is 5.63. The van der Waals surface area contributed by atoms with E-state index in [0.29, 0.717) is 17.3 Å². The molecule has 0 spiro atoms. The van der Waals surface area contributed by atoms with E-state index in [0.717, 1.165) is 9.35 Å². The number of esters is 1. The zero-order chi connectivity index (χ0) is 14.5. The molecule has 2 rings (SSSR count). The minimum atomic E-state index is -0.579. The van der Waals surface area contributed by atoms with Crippen molar-refractivity contribution in [1.82, 2.24) is 0 Å². The predicted molar refractivity (Wildman–Crippen MR) is 86.5 cm³/mol. The molecule has 0 fully saturated rings. The van der Waals surface area contributed by atoms with Gasteiger partial charge in [-0.15, -0.1) is 11.3 Å². The third-order valence-corrected chi connectivity index (χ3v) is 4.87. The largest absolute Gasteiger partial charge is 0.464 e. The first kappa shape index (κ1) is 15.4. The van der Waals surface area contributed by atoms with Crippen LogP contribution in [0.1, 0.15) is 17.8 Å². The highest BCUT2D eigenvalue weighted by molar-refractivity contribution is 9.10. The van der Waals surface area contributed by atoms with Gasteiger partial charge in [0, 0.05) is 4.47 Å². The summed E-state index contributed by atoms with van der Waals surface area (Å²) in [7, 11) is 0. The molecule has 1 N–H and O–H groups in total. The molecule has 0 aliphatic rings. The van der Waals surface area contributed by atoms with E-state index in [2.05, 4.69) is 21.2 Å². The fourth-order valence-corrected chi connectivity index (χ4v) is 3.53. The van der Waals surface area contributed by atoms with Gasteiger partial charge in [-0.25, -0.2) is 4.79 Å². The molecule has 0 aliphatic heterocycles. The quantitative estimate of drug-likeness (QED) is 0.758. The Kier molecular flexibility index (Phi) is 5.46. The molecule has 0 aliphatic carbocycles. The molecule has 6 heteroatoms. The van der Waals surface area contributed by atoms with Crippen molar-refractivity contribution in [1.29, 1.82) is 0 Å². The number of anilines is 1. The molecule has 0 saturated heterocycles. The van der Waals surface area contributed by atoms with Crippen LogP contribution in [-0.4, -0.2) is 12.6 Å². The fourth-order valence-electron chi connectivity index (χ4n) is 1.70. The summed E-state index contributed by atoms with van der Waals surface area (Å²) in [5.41, 5.74) is 0.701. The van der Waals surface area contributed by atoms with Crippen LogP contribution in [0.25, 0.3) is 0 Å². The first-order chi connectivity index (χ1) is 9.63. The molecule has 2 aromatic rings. The summed E-state index contributed by atoms with van der Waals surface area (Å²) in [5.74, 6) is -0.324.